The van der Waals surface area contributed by atoms with Crippen molar-refractivity contribution in [2.75, 3.05) is 0 Å². The highest BCUT2D eigenvalue weighted by molar-refractivity contribution is 9.10. The lowest BCUT2D eigenvalue weighted by molar-refractivity contribution is 0.0610. The summed E-state index contributed by atoms with van der Waals surface area (Å²) in [6, 6.07) is 17.1. The maximum atomic E-state index is 14.2. The molecule has 0 bridgehead atoms. The van der Waals surface area contributed by atoms with Gasteiger partial charge in [0, 0.05) is 48.6 Å². The highest BCUT2D eigenvalue weighted by Crippen LogP contribution is 2.29. The first-order valence-corrected chi connectivity index (χ1v) is 15.9. The minimum Gasteiger partial charge on any atom is -0.441 e. The van der Waals surface area contributed by atoms with Gasteiger partial charge in [0.25, 0.3) is 11.8 Å². The first-order valence-electron chi connectivity index (χ1n) is 14.7. The maximum absolute atomic E-state index is 14.2. The molecule has 1 aliphatic rings. The number of amides is 2. The summed E-state index contributed by atoms with van der Waals surface area (Å²) in [6.07, 6.45) is 0. The number of imidazole rings is 1. The maximum Gasteiger partial charge on any atom is 0.333 e. The Hall–Kier alpha value is -5.01. The van der Waals surface area contributed by atoms with E-state index >= 15 is 0 Å². The van der Waals surface area contributed by atoms with Gasteiger partial charge in [-0.05, 0) is 70.9 Å². The highest BCUT2D eigenvalue weighted by atomic mass is 79.9. The molecule has 2 amide bonds. The van der Waals surface area contributed by atoms with Crippen molar-refractivity contribution >= 4 is 50.4 Å². The van der Waals surface area contributed by atoms with Crippen molar-refractivity contribution in [1.82, 2.24) is 34.5 Å². The van der Waals surface area contributed by atoms with Crippen LogP contribution in [0.1, 0.15) is 50.8 Å². The number of rotatable bonds is 6. The van der Waals surface area contributed by atoms with Gasteiger partial charge in [0.1, 0.15) is 11.2 Å². The molecule has 47 heavy (non-hydrogen) atoms. The molecule has 1 unspecified atom stereocenters. The van der Waals surface area contributed by atoms with Gasteiger partial charge in [-0.1, -0.05) is 29.8 Å². The van der Waals surface area contributed by atoms with E-state index in [1.807, 2.05) is 31.2 Å². The molecule has 12 nitrogen and oxygen atoms in total. The molecule has 0 saturated carbocycles. The minimum absolute atomic E-state index is 0.0157. The van der Waals surface area contributed by atoms with Gasteiger partial charge in [-0.25, -0.2) is 9.78 Å². The lowest BCUT2D eigenvalue weighted by Crippen LogP contribution is -2.47. The summed E-state index contributed by atoms with van der Waals surface area (Å²) < 4.78 is 14.9. The second-order valence-corrected chi connectivity index (χ2v) is 12.5. The third-order valence-electron chi connectivity index (χ3n) is 8.14. The zero-order chi connectivity index (χ0) is 33.0. The van der Waals surface area contributed by atoms with E-state index in [0.29, 0.717) is 60.8 Å². The first kappa shape index (κ1) is 30.6. The van der Waals surface area contributed by atoms with Gasteiger partial charge < -0.3 is 19.1 Å². The summed E-state index contributed by atoms with van der Waals surface area (Å²) in [5.74, 6) is 0.453. The van der Waals surface area contributed by atoms with Crippen molar-refractivity contribution in [3.63, 3.8) is 0 Å². The Morgan fingerprint density at radius 2 is 1.85 bits per heavy atom. The summed E-state index contributed by atoms with van der Waals surface area (Å²) in [5, 5.41) is 11.4. The van der Waals surface area contributed by atoms with E-state index < -0.39 is 11.6 Å². The van der Waals surface area contributed by atoms with Gasteiger partial charge in [-0.15, -0.1) is 10.2 Å². The summed E-state index contributed by atoms with van der Waals surface area (Å²) in [6.45, 7) is 5.61. The van der Waals surface area contributed by atoms with Crippen LogP contribution in [0, 0.1) is 13.8 Å². The molecule has 3 aromatic carbocycles. The lowest BCUT2D eigenvalue weighted by atomic mass is 10.1. The quantitative estimate of drug-likeness (QED) is 0.227. The zero-order valence-electron chi connectivity index (χ0n) is 25.5. The number of benzene rings is 3. The summed E-state index contributed by atoms with van der Waals surface area (Å²) >= 11 is 9.68. The lowest BCUT2D eigenvalue weighted by Gasteiger charge is -2.34. The normalized spacial score (nSPS) is 14.4. The van der Waals surface area contributed by atoms with Crippen LogP contribution in [0.25, 0.3) is 28.2 Å². The van der Waals surface area contributed by atoms with Crippen LogP contribution in [-0.2, 0) is 19.6 Å². The Labute approximate surface area is 281 Å². The number of halogens is 2. The standard InChI is InChI=1S/C33H27BrClN7O5/c1-17-15-41-27(16-40(17)32(44)20-8-10-24(34)25(35)12-20)29(42(33(41)45)22-9-11-28-26(13-22)37-18(2)46-28)30(43)36-14-21-6-4-5-7-23(21)31-39-38-19(3)47-31/h4-13,17H,14-16H2,1-3H3,(H,36,43). The van der Waals surface area contributed by atoms with Gasteiger partial charge in [0.15, 0.2) is 11.5 Å². The second-order valence-electron chi connectivity index (χ2n) is 11.3. The Morgan fingerprint density at radius 1 is 1.04 bits per heavy atom. The summed E-state index contributed by atoms with van der Waals surface area (Å²) in [5.41, 5.74) is 3.46. The van der Waals surface area contributed by atoms with E-state index in [1.165, 1.54) is 4.57 Å². The molecule has 238 valence electrons. The Balaban J connectivity index is 1.30. The van der Waals surface area contributed by atoms with Crippen LogP contribution in [-0.4, -0.2) is 47.1 Å². The van der Waals surface area contributed by atoms with E-state index in [1.54, 1.807) is 59.7 Å². The number of carbonyl (C=O) groups is 2. The molecule has 0 fully saturated rings. The smallest absolute Gasteiger partial charge is 0.333 e. The van der Waals surface area contributed by atoms with Crippen LogP contribution in [0.5, 0.6) is 0 Å². The number of carbonyl (C=O) groups excluding carboxylic acids is 2. The Bertz CT molecular complexity index is 2270. The topological polar surface area (TPSA) is 141 Å². The van der Waals surface area contributed by atoms with Gasteiger partial charge in [-0.3, -0.25) is 18.7 Å². The number of aromatic nitrogens is 5. The van der Waals surface area contributed by atoms with Crippen LogP contribution in [0.2, 0.25) is 5.02 Å². The number of aryl methyl sites for hydroxylation is 2. The Kier molecular flexibility index (Phi) is 7.80. The van der Waals surface area contributed by atoms with Crippen LogP contribution < -0.4 is 11.0 Å². The molecule has 0 radical (unpaired) electrons. The predicted octanol–water partition coefficient (Wildman–Crippen LogP) is 5.84. The van der Waals surface area contributed by atoms with Gasteiger partial charge in [0.2, 0.25) is 11.8 Å². The van der Waals surface area contributed by atoms with Crippen molar-refractivity contribution in [3.05, 3.63) is 115 Å². The molecule has 14 heteroatoms. The molecule has 0 aliphatic carbocycles. The third-order valence-corrected chi connectivity index (χ3v) is 9.37. The molecule has 7 rings (SSSR count). The molecule has 0 saturated heterocycles. The number of hydrogen-bond donors (Lipinski definition) is 1. The van der Waals surface area contributed by atoms with E-state index in [-0.39, 0.29) is 37.3 Å². The molecule has 3 aromatic heterocycles. The fourth-order valence-electron chi connectivity index (χ4n) is 5.87. The molecule has 0 spiro atoms. The minimum atomic E-state index is -0.502. The predicted molar refractivity (Wildman–Crippen MR) is 176 cm³/mol. The molecule has 1 atom stereocenters. The fraction of sp³-hybridized carbons (Fsp3) is 0.212. The number of oxazole rings is 1. The monoisotopic (exact) mass is 715 g/mol. The molecular weight excluding hydrogens is 690 g/mol. The Morgan fingerprint density at radius 3 is 2.62 bits per heavy atom. The fourth-order valence-corrected chi connectivity index (χ4v) is 6.30. The van der Waals surface area contributed by atoms with E-state index in [9.17, 15) is 14.4 Å². The largest absolute Gasteiger partial charge is 0.441 e. The van der Waals surface area contributed by atoms with E-state index in [2.05, 4.69) is 36.4 Å². The molecule has 1 aliphatic heterocycles. The summed E-state index contributed by atoms with van der Waals surface area (Å²) in [4.78, 5) is 48.2. The number of nitrogens with one attached hydrogen (secondary N) is 1. The van der Waals surface area contributed by atoms with Crippen molar-refractivity contribution < 1.29 is 18.4 Å². The van der Waals surface area contributed by atoms with Gasteiger partial charge in [-0.2, -0.15) is 0 Å². The molecular formula is C33H27BrClN7O5. The zero-order valence-corrected chi connectivity index (χ0v) is 27.8. The van der Waals surface area contributed by atoms with Crippen molar-refractivity contribution in [3.8, 4) is 17.1 Å². The molecule has 6 aromatic rings. The average molecular weight is 717 g/mol. The van der Waals surface area contributed by atoms with Crippen LogP contribution in [0.4, 0.5) is 0 Å². The number of hydrogen-bond acceptors (Lipinski definition) is 8. The number of fused-ring (bicyclic) bond motifs is 2. The third kappa shape index (κ3) is 5.55. The van der Waals surface area contributed by atoms with Gasteiger partial charge in [0.05, 0.1) is 22.9 Å². The van der Waals surface area contributed by atoms with Crippen molar-refractivity contribution in [1.29, 1.82) is 0 Å². The first-order chi connectivity index (χ1) is 22.6. The van der Waals surface area contributed by atoms with Crippen molar-refractivity contribution in [2.45, 2.75) is 46.4 Å². The van der Waals surface area contributed by atoms with Crippen molar-refractivity contribution in [2.24, 2.45) is 0 Å². The van der Waals surface area contributed by atoms with Crippen LogP contribution in [0.3, 0.4) is 0 Å². The van der Waals surface area contributed by atoms with E-state index in [0.717, 1.165) is 5.56 Å². The van der Waals surface area contributed by atoms with Crippen LogP contribution >= 0.6 is 27.5 Å². The van der Waals surface area contributed by atoms with Crippen LogP contribution in [0.15, 0.2) is 78.8 Å². The molecule has 4 heterocycles. The highest BCUT2D eigenvalue weighted by Gasteiger charge is 2.35. The second kappa shape index (κ2) is 12.0. The SMILES string of the molecule is Cc1nnc(-c2ccccc2CNC(=O)c2c3n(c(=O)n2-c2ccc4oc(C)nc4c2)CC(C)N(C(=O)c2ccc(Br)c(Cl)c2)C3)o1. The molecule has 1 N–H and O–H groups in total. The van der Waals surface area contributed by atoms with Gasteiger partial charge >= 0.3 is 5.69 Å². The summed E-state index contributed by atoms with van der Waals surface area (Å²) in [7, 11) is 0. The van der Waals surface area contributed by atoms with E-state index in [4.69, 9.17) is 20.4 Å². The average Bonchev–Trinajstić information content (AvgIpc) is 3.74. The number of nitrogens with zero attached hydrogens (tertiary/aromatic N) is 6.